The van der Waals surface area contributed by atoms with Crippen LogP contribution in [0, 0.1) is 0 Å². The Labute approximate surface area is 125 Å². The maximum atomic E-state index is 6.17. The lowest BCUT2D eigenvalue weighted by Crippen LogP contribution is -2.13. The average molecular weight is 321 g/mol. The van der Waals surface area contributed by atoms with Gasteiger partial charge in [-0.2, -0.15) is 0 Å². The topological polar surface area (TPSA) is 26.0 Å². The Bertz CT molecular complexity index is 583. The third-order valence-electron chi connectivity index (χ3n) is 2.61. The molecule has 0 aliphatic carbocycles. The molecular weight excluding hydrogens is 312 g/mol. The summed E-state index contributed by atoms with van der Waals surface area (Å²) in [6, 6.07) is 10.1. The Kier molecular flexibility index (Phi) is 4.41. The number of nitrogens with two attached hydrogens (primary N) is 1. The van der Waals surface area contributed by atoms with Crippen LogP contribution in [0.25, 0.3) is 0 Å². The van der Waals surface area contributed by atoms with E-state index in [1.165, 1.54) is 0 Å². The lowest BCUT2D eigenvalue weighted by atomic mass is 9.99. The Morgan fingerprint density at radius 2 is 1.56 bits per heavy atom. The first-order valence-corrected chi connectivity index (χ1v) is 6.66. The molecule has 0 spiro atoms. The molecule has 1 atom stereocenters. The third-order valence-corrected chi connectivity index (χ3v) is 4.01. The molecule has 0 bridgehead atoms. The number of halogens is 4. The van der Waals surface area contributed by atoms with Crippen LogP contribution in [-0.4, -0.2) is 0 Å². The molecule has 0 radical (unpaired) electrons. The molecule has 94 valence electrons. The molecule has 0 aromatic heterocycles. The molecule has 1 nitrogen and oxygen atoms in total. The van der Waals surface area contributed by atoms with Crippen LogP contribution < -0.4 is 5.73 Å². The lowest BCUT2D eigenvalue weighted by molar-refractivity contribution is 0.872. The van der Waals surface area contributed by atoms with Gasteiger partial charge in [0.15, 0.2) is 0 Å². The molecule has 18 heavy (non-hydrogen) atoms. The van der Waals surface area contributed by atoms with E-state index in [1.807, 2.05) is 6.07 Å². The molecule has 0 saturated heterocycles. The standard InChI is InChI=1S/C13H9Cl4N/c14-7-4-5-8(11(16)6-7)13(18)9-2-1-3-10(15)12(9)17/h1-6,13H,18H2. The predicted octanol–water partition coefficient (Wildman–Crippen LogP) is 5.35. The van der Waals surface area contributed by atoms with E-state index in [0.29, 0.717) is 20.1 Å². The molecule has 2 aromatic rings. The van der Waals surface area contributed by atoms with Gasteiger partial charge in [-0.15, -0.1) is 0 Å². The average Bonchev–Trinajstić information content (AvgIpc) is 2.32. The van der Waals surface area contributed by atoms with Crippen molar-refractivity contribution in [3.63, 3.8) is 0 Å². The molecular formula is C13H9Cl4N. The summed E-state index contributed by atoms with van der Waals surface area (Å²) in [4.78, 5) is 0. The molecule has 0 heterocycles. The van der Waals surface area contributed by atoms with Crippen LogP contribution >= 0.6 is 46.4 Å². The monoisotopic (exact) mass is 319 g/mol. The zero-order chi connectivity index (χ0) is 13.3. The molecule has 0 fully saturated rings. The van der Waals surface area contributed by atoms with Crippen LogP contribution in [0.2, 0.25) is 20.1 Å². The largest absolute Gasteiger partial charge is 0.320 e. The van der Waals surface area contributed by atoms with Crippen LogP contribution in [-0.2, 0) is 0 Å². The number of rotatable bonds is 2. The van der Waals surface area contributed by atoms with E-state index < -0.39 is 6.04 Å². The van der Waals surface area contributed by atoms with Crippen molar-refractivity contribution < 1.29 is 0 Å². The fourth-order valence-electron chi connectivity index (χ4n) is 1.68. The lowest BCUT2D eigenvalue weighted by Gasteiger charge is -2.16. The quantitative estimate of drug-likeness (QED) is 0.793. The zero-order valence-corrected chi connectivity index (χ0v) is 12.2. The summed E-state index contributed by atoms with van der Waals surface area (Å²) in [5.74, 6) is 0. The molecule has 2 N–H and O–H groups in total. The van der Waals surface area contributed by atoms with Crippen molar-refractivity contribution in [3.8, 4) is 0 Å². The first-order chi connectivity index (χ1) is 8.50. The number of hydrogen-bond donors (Lipinski definition) is 1. The Hall–Kier alpha value is -0.440. The summed E-state index contributed by atoms with van der Waals surface area (Å²) in [7, 11) is 0. The van der Waals surface area contributed by atoms with E-state index >= 15 is 0 Å². The third kappa shape index (κ3) is 2.76. The van der Waals surface area contributed by atoms with Crippen LogP contribution in [0.3, 0.4) is 0 Å². The van der Waals surface area contributed by atoms with Gasteiger partial charge in [0, 0.05) is 10.0 Å². The van der Waals surface area contributed by atoms with E-state index in [2.05, 4.69) is 0 Å². The Morgan fingerprint density at radius 3 is 2.22 bits per heavy atom. The van der Waals surface area contributed by atoms with Gasteiger partial charge in [0.05, 0.1) is 16.1 Å². The molecule has 0 saturated carbocycles. The highest BCUT2D eigenvalue weighted by Gasteiger charge is 2.16. The SMILES string of the molecule is NC(c1ccc(Cl)cc1Cl)c1cccc(Cl)c1Cl. The normalized spacial score (nSPS) is 12.5. The second kappa shape index (κ2) is 5.68. The summed E-state index contributed by atoms with van der Waals surface area (Å²) < 4.78 is 0. The van der Waals surface area contributed by atoms with Gasteiger partial charge < -0.3 is 5.73 Å². The minimum absolute atomic E-state index is 0.442. The molecule has 2 aromatic carbocycles. The van der Waals surface area contributed by atoms with Crippen LogP contribution in [0.5, 0.6) is 0 Å². The molecule has 0 amide bonds. The van der Waals surface area contributed by atoms with Gasteiger partial charge in [0.1, 0.15) is 0 Å². The van der Waals surface area contributed by atoms with E-state index in [9.17, 15) is 0 Å². The molecule has 0 aliphatic heterocycles. The Morgan fingerprint density at radius 1 is 0.833 bits per heavy atom. The van der Waals surface area contributed by atoms with Crippen LogP contribution in [0.15, 0.2) is 36.4 Å². The van der Waals surface area contributed by atoms with Crippen molar-refractivity contribution in [1.29, 1.82) is 0 Å². The van der Waals surface area contributed by atoms with Gasteiger partial charge in [-0.25, -0.2) is 0 Å². The molecule has 5 heteroatoms. The van der Waals surface area contributed by atoms with Crippen molar-refractivity contribution in [2.75, 3.05) is 0 Å². The van der Waals surface area contributed by atoms with Gasteiger partial charge in [0.2, 0.25) is 0 Å². The highest BCUT2D eigenvalue weighted by Crippen LogP contribution is 2.35. The van der Waals surface area contributed by atoms with E-state index in [1.54, 1.807) is 30.3 Å². The van der Waals surface area contributed by atoms with Gasteiger partial charge in [-0.3, -0.25) is 0 Å². The molecule has 2 rings (SSSR count). The summed E-state index contributed by atoms with van der Waals surface area (Å²) in [5.41, 5.74) is 7.65. The van der Waals surface area contributed by atoms with E-state index in [-0.39, 0.29) is 0 Å². The van der Waals surface area contributed by atoms with Gasteiger partial charge >= 0.3 is 0 Å². The van der Waals surface area contributed by atoms with E-state index in [0.717, 1.165) is 11.1 Å². The second-order valence-corrected chi connectivity index (χ2v) is 5.42. The number of benzene rings is 2. The number of hydrogen-bond acceptors (Lipinski definition) is 1. The van der Waals surface area contributed by atoms with Crippen molar-refractivity contribution in [1.82, 2.24) is 0 Å². The minimum Gasteiger partial charge on any atom is -0.320 e. The zero-order valence-electron chi connectivity index (χ0n) is 9.13. The summed E-state index contributed by atoms with van der Waals surface area (Å²) in [6.45, 7) is 0. The highest BCUT2D eigenvalue weighted by atomic mass is 35.5. The predicted molar refractivity (Wildman–Crippen MR) is 79.0 cm³/mol. The first kappa shape index (κ1) is 14.0. The second-order valence-electron chi connectivity index (χ2n) is 3.79. The fraction of sp³-hybridized carbons (Fsp3) is 0.0769. The summed E-state index contributed by atoms with van der Waals surface area (Å²) >= 11 is 24.1. The first-order valence-electron chi connectivity index (χ1n) is 5.15. The highest BCUT2D eigenvalue weighted by molar-refractivity contribution is 6.42. The smallest absolute Gasteiger partial charge is 0.0643 e. The summed E-state index contributed by atoms with van der Waals surface area (Å²) in [6.07, 6.45) is 0. The molecule has 1 unspecified atom stereocenters. The van der Waals surface area contributed by atoms with Crippen molar-refractivity contribution in [2.45, 2.75) is 6.04 Å². The van der Waals surface area contributed by atoms with Crippen molar-refractivity contribution in [2.24, 2.45) is 5.73 Å². The van der Waals surface area contributed by atoms with Crippen LogP contribution in [0.4, 0.5) is 0 Å². The minimum atomic E-state index is -0.444. The maximum Gasteiger partial charge on any atom is 0.0643 e. The van der Waals surface area contributed by atoms with Crippen molar-refractivity contribution in [3.05, 3.63) is 67.6 Å². The van der Waals surface area contributed by atoms with Crippen LogP contribution in [0.1, 0.15) is 17.2 Å². The van der Waals surface area contributed by atoms with E-state index in [4.69, 9.17) is 52.1 Å². The Balaban J connectivity index is 2.48. The fourth-order valence-corrected chi connectivity index (χ4v) is 2.63. The maximum absolute atomic E-state index is 6.17. The van der Waals surface area contributed by atoms with Gasteiger partial charge in [0.25, 0.3) is 0 Å². The van der Waals surface area contributed by atoms with Gasteiger partial charge in [-0.05, 0) is 29.3 Å². The molecule has 0 aliphatic rings. The van der Waals surface area contributed by atoms with Crippen molar-refractivity contribution >= 4 is 46.4 Å². The summed E-state index contributed by atoms with van der Waals surface area (Å²) in [5, 5.41) is 1.98. The van der Waals surface area contributed by atoms with Gasteiger partial charge in [-0.1, -0.05) is 64.6 Å².